The number of methoxy groups -OCH3 is 1. The van der Waals surface area contributed by atoms with Crippen LogP contribution in [0.15, 0.2) is 17.0 Å². The molecule has 9 heteroatoms. The molecule has 0 bridgehead atoms. The van der Waals surface area contributed by atoms with E-state index in [0.29, 0.717) is 22.2 Å². The molecular weight excluding hydrogens is 333 g/mol. The minimum atomic E-state index is -4.69. The van der Waals surface area contributed by atoms with Gasteiger partial charge in [-0.3, -0.25) is 0 Å². The van der Waals surface area contributed by atoms with E-state index in [-0.39, 0.29) is 41.9 Å². The monoisotopic (exact) mass is 349 g/mol. The normalized spacial score (nSPS) is 11.2. The Morgan fingerprint density at radius 3 is 2.43 bits per heavy atom. The molecule has 1 aromatic heterocycles. The van der Waals surface area contributed by atoms with Crippen molar-refractivity contribution in [3.8, 4) is 5.75 Å². The summed E-state index contributed by atoms with van der Waals surface area (Å²) in [6.45, 7) is 3.63. The number of esters is 1. The summed E-state index contributed by atoms with van der Waals surface area (Å²) in [5.74, 6) is -0.607. The third-order valence-electron chi connectivity index (χ3n) is 3.53. The Labute approximate surface area is 156 Å². The average molecular weight is 349 g/mol. The molecule has 0 amide bonds. The number of benzene rings is 1. The number of carbonyl (C=O) groups is 1. The third-order valence-corrected chi connectivity index (χ3v) is 4.38. The molecule has 23 heavy (non-hydrogen) atoms. The van der Waals surface area contributed by atoms with Gasteiger partial charge in [-0.15, -0.1) is 0 Å². The van der Waals surface area contributed by atoms with E-state index in [2.05, 4.69) is 0 Å². The predicted octanol–water partition coefficient (Wildman–Crippen LogP) is -1.42. The Balaban J connectivity index is 0.00000264. The average Bonchev–Trinajstić information content (AvgIpc) is 2.68. The molecular formula is C14H16NNaO6S. The standard InChI is InChI=1S/C14H17NO6S.Na/c1-5-21-14(16)13-8(2)15(3)10-7-12(22(17,18)19)11(20-4)6-9(10)13;/h6-7H,5H2,1-4H3,(H,17,18,19);/q;+1/p-1. The fraction of sp³-hybridized carbons (Fsp3) is 0.357. The summed E-state index contributed by atoms with van der Waals surface area (Å²) in [6.07, 6.45) is 0. The Morgan fingerprint density at radius 1 is 1.35 bits per heavy atom. The van der Waals surface area contributed by atoms with Crippen LogP contribution in [0.25, 0.3) is 10.9 Å². The van der Waals surface area contributed by atoms with Crippen LogP contribution in [0.5, 0.6) is 5.75 Å². The predicted molar refractivity (Wildman–Crippen MR) is 78.1 cm³/mol. The van der Waals surface area contributed by atoms with E-state index in [0.717, 1.165) is 0 Å². The molecule has 0 aliphatic rings. The molecule has 0 spiro atoms. The maximum Gasteiger partial charge on any atom is 1.00 e. The van der Waals surface area contributed by atoms with Gasteiger partial charge >= 0.3 is 35.5 Å². The van der Waals surface area contributed by atoms with Crippen molar-refractivity contribution in [2.75, 3.05) is 13.7 Å². The molecule has 0 aliphatic heterocycles. The summed E-state index contributed by atoms with van der Waals surface area (Å²) in [4.78, 5) is 11.7. The van der Waals surface area contributed by atoms with E-state index < -0.39 is 21.0 Å². The van der Waals surface area contributed by atoms with Gasteiger partial charge in [-0.2, -0.15) is 0 Å². The second-order valence-electron chi connectivity index (χ2n) is 4.71. The van der Waals surface area contributed by atoms with Gasteiger partial charge in [0.15, 0.2) is 0 Å². The number of fused-ring (bicyclic) bond motifs is 1. The molecule has 0 atom stereocenters. The van der Waals surface area contributed by atoms with Crippen molar-refractivity contribution >= 4 is 27.0 Å². The van der Waals surface area contributed by atoms with Crippen molar-refractivity contribution < 1.29 is 56.8 Å². The van der Waals surface area contributed by atoms with Crippen molar-refractivity contribution in [3.05, 3.63) is 23.4 Å². The van der Waals surface area contributed by atoms with Crippen molar-refractivity contribution in [2.45, 2.75) is 18.7 Å². The van der Waals surface area contributed by atoms with Gasteiger partial charge in [0.2, 0.25) is 0 Å². The summed E-state index contributed by atoms with van der Waals surface area (Å²) in [5.41, 5.74) is 1.37. The first-order valence-electron chi connectivity index (χ1n) is 6.52. The number of nitrogens with zero attached hydrogens (tertiary/aromatic N) is 1. The maximum absolute atomic E-state index is 12.1. The van der Waals surface area contributed by atoms with E-state index in [4.69, 9.17) is 9.47 Å². The van der Waals surface area contributed by atoms with Crippen LogP contribution in [0.2, 0.25) is 0 Å². The van der Waals surface area contributed by atoms with Crippen molar-refractivity contribution in [1.82, 2.24) is 4.57 Å². The van der Waals surface area contributed by atoms with E-state index in [1.54, 1.807) is 25.5 Å². The zero-order valence-corrected chi connectivity index (χ0v) is 16.5. The molecule has 0 N–H and O–H groups in total. The molecule has 0 saturated heterocycles. The van der Waals surface area contributed by atoms with Crippen LogP contribution in [-0.4, -0.2) is 37.2 Å². The van der Waals surface area contributed by atoms with Crippen LogP contribution in [0.1, 0.15) is 23.0 Å². The van der Waals surface area contributed by atoms with E-state index in [1.807, 2.05) is 0 Å². The Kier molecular flexibility index (Phi) is 6.28. The third kappa shape index (κ3) is 3.56. The SMILES string of the molecule is CCOC(=O)c1c(C)n(C)c2cc(S(=O)(=O)[O-])c(OC)cc12.[Na+]. The Hall–Kier alpha value is -1.06. The second kappa shape index (κ2) is 7.23. The van der Waals surface area contributed by atoms with E-state index >= 15 is 0 Å². The largest absolute Gasteiger partial charge is 1.00 e. The molecule has 0 radical (unpaired) electrons. The van der Waals surface area contributed by atoms with Gasteiger partial charge in [0.05, 0.1) is 29.7 Å². The van der Waals surface area contributed by atoms with E-state index in [9.17, 15) is 17.8 Å². The van der Waals surface area contributed by atoms with Crippen molar-refractivity contribution in [3.63, 3.8) is 0 Å². The van der Waals surface area contributed by atoms with Crippen LogP contribution < -0.4 is 34.3 Å². The molecule has 120 valence electrons. The Morgan fingerprint density at radius 2 is 1.96 bits per heavy atom. The van der Waals surface area contributed by atoms with Crippen molar-refractivity contribution in [2.24, 2.45) is 7.05 Å². The summed E-state index contributed by atoms with van der Waals surface area (Å²) in [7, 11) is -1.76. The number of rotatable bonds is 4. The van der Waals surface area contributed by atoms with Crippen LogP contribution >= 0.6 is 0 Å². The van der Waals surface area contributed by atoms with Gasteiger partial charge in [0, 0.05) is 18.1 Å². The molecule has 1 heterocycles. The molecule has 1 aromatic carbocycles. The number of ether oxygens (including phenoxy) is 2. The summed E-state index contributed by atoms with van der Waals surface area (Å²) in [5, 5.41) is 0.475. The summed E-state index contributed by atoms with van der Waals surface area (Å²) in [6, 6.07) is 2.59. The van der Waals surface area contributed by atoms with Crippen LogP contribution in [-0.2, 0) is 21.9 Å². The minimum Gasteiger partial charge on any atom is -0.744 e. The second-order valence-corrected chi connectivity index (χ2v) is 6.06. The topological polar surface area (TPSA) is 97.7 Å². The van der Waals surface area contributed by atoms with Gasteiger partial charge in [-0.1, -0.05) is 0 Å². The fourth-order valence-electron chi connectivity index (χ4n) is 2.39. The number of aryl methyl sites for hydroxylation is 1. The Bertz CT molecular complexity index is 856. The number of hydrogen-bond acceptors (Lipinski definition) is 6. The smallest absolute Gasteiger partial charge is 0.744 e. The number of hydrogen-bond donors (Lipinski definition) is 0. The minimum absolute atomic E-state index is 0. The summed E-state index contributed by atoms with van der Waals surface area (Å²) >= 11 is 0. The van der Waals surface area contributed by atoms with E-state index in [1.165, 1.54) is 19.2 Å². The fourth-order valence-corrected chi connectivity index (χ4v) is 3.03. The first-order chi connectivity index (χ1) is 10.2. The molecule has 0 aliphatic carbocycles. The quantitative estimate of drug-likeness (QED) is 0.382. The molecule has 2 aromatic rings. The zero-order chi connectivity index (χ0) is 16.7. The molecule has 0 saturated carbocycles. The molecule has 0 fully saturated rings. The zero-order valence-electron chi connectivity index (χ0n) is 13.7. The van der Waals surface area contributed by atoms with Crippen LogP contribution in [0.4, 0.5) is 0 Å². The maximum atomic E-state index is 12.1. The number of carbonyl (C=O) groups excluding carboxylic acids is 1. The van der Waals surface area contributed by atoms with Gasteiger partial charge in [0.25, 0.3) is 0 Å². The van der Waals surface area contributed by atoms with Gasteiger partial charge < -0.3 is 18.6 Å². The molecule has 7 nitrogen and oxygen atoms in total. The summed E-state index contributed by atoms with van der Waals surface area (Å²) < 4.78 is 45.7. The first kappa shape index (κ1) is 20.0. The van der Waals surface area contributed by atoms with Gasteiger partial charge in [0.1, 0.15) is 15.9 Å². The first-order valence-corrected chi connectivity index (χ1v) is 7.93. The van der Waals surface area contributed by atoms with Crippen LogP contribution in [0.3, 0.4) is 0 Å². The molecule has 2 rings (SSSR count). The van der Waals surface area contributed by atoms with Gasteiger partial charge in [-0.05, 0) is 26.0 Å². The van der Waals surface area contributed by atoms with Gasteiger partial charge in [-0.25, -0.2) is 13.2 Å². The molecule has 0 unspecified atom stereocenters. The van der Waals surface area contributed by atoms with Crippen LogP contribution in [0, 0.1) is 6.92 Å². The van der Waals surface area contributed by atoms with Crippen molar-refractivity contribution in [1.29, 1.82) is 0 Å². The number of aromatic nitrogens is 1.